The van der Waals surface area contributed by atoms with E-state index < -0.39 is 17.7 Å². The highest BCUT2D eigenvalue weighted by Gasteiger charge is 2.47. The molecule has 0 radical (unpaired) electrons. The van der Waals surface area contributed by atoms with E-state index in [9.17, 15) is 14.7 Å². The molecule has 6 heteroatoms. The van der Waals surface area contributed by atoms with Crippen molar-refractivity contribution in [2.24, 2.45) is 0 Å². The Balaban J connectivity index is 1.95. The van der Waals surface area contributed by atoms with E-state index in [0.717, 1.165) is 35.5 Å². The molecule has 1 aliphatic heterocycles. The number of carbonyl (C=O) groups is 2. The summed E-state index contributed by atoms with van der Waals surface area (Å²) in [7, 11) is 1.50. The van der Waals surface area contributed by atoms with Crippen molar-refractivity contribution in [2.75, 3.05) is 30.0 Å². The summed E-state index contributed by atoms with van der Waals surface area (Å²) < 4.78 is 5.43. The summed E-state index contributed by atoms with van der Waals surface area (Å²) in [5.41, 5.74) is 4.77. The molecule has 0 aliphatic carbocycles. The molecule has 3 aromatic carbocycles. The molecule has 3 aromatic rings. The van der Waals surface area contributed by atoms with Crippen LogP contribution in [0.3, 0.4) is 0 Å². The molecule has 1 saturated heterocycles. The first-order valence-electron chi connectivity index (χ1n) is 12.2. The lowest BCUT2D eigenvalue weighted by atomic mass is 9.94. The fraction of sp³-hybridized carbons (Fsp3) is 0.267. The number of nitrogens with zero attached hydrogens (tertiary/aromatic N) is 2. The van der Waals surface area contributed by atoms with E-state index >= 15 is 0 Å². The number of methoxy groups -OCH3 is 1. The summed E-state index contributed by atoms with van der Waals surface area (Å²) in [6.07, 6.45) is 0. The number of aliphatic hydroxyl groups excluding tert-OH is 1. The minimum absolute atomic E-state index is 0.0410. The van der Waals surface area contributed by atoms with Gasteiger partial charge in [0, 0.05) is 24.5 Å². The molecule has 0 bridgehead atoms. The quantitative estimate of drug-likeness (QED) is 0.261. The van der Waals surface area contributed by atoms with E-state index in [0.29, 0.717) is 17.0 Å². The second kappa shape index (κ2) is 10.3. The molecule has 6 nitrogen and oxygen atoms in total. The van der Waals surface area contributed by atoms with Crippen LogP contribution in [-0.2, 0) is 9.59 Å². The number of ketones is 1. The van der Waals surface area contributed by atoms with Gasteiger partial charge in [-0.15, -0.1) is 0 Å². The lowest BCUT2D eigenvalue weighted by Crippen LogP contribution is -2.29. The van der Waals surface area contributed by atoms with Crippen LogP contribution in [0.4, 0.5) is 11.4 Å². The smallest absolute Gasteiger partial charge is 0.300 e. The van der Waals surface area contributed by atoms with E-state index in [2.05, 4.69) is 18.7 Å². The van der Waals surface area contributed by atoms with Gasteiger partial charge in [0.2, 0.25) is 0 Å². The second-order valence-corrected chi connectivity index (χ2v) is 8.98. The number of ether oxygens (including phenoxy) is 1. The minimum atomic E-state index is -0.790. The monoisotopic (exact) mass is 484 g/mol. The van der Waals surface area contributed by atoms with Crippen molar-refractivity contribution >= 4 is 28.8 Å². The first-order valence-corrected chi connectivity index (χ1v) is 12.2. The van der Waals surface area contributed by atoms with Crippen LogP contribution in [0.25, 0.3) is 5.76 Å². The number of hydrogen-bond donors (Lipinski definition) is 1. The van der Waals surface area contributed by atoms with E-state index in [1.54, 1.807) is 24.3 Å². The Hall–Kier alpha value is -4.06. The first-order chi connectivity index (χ1) is 17.3. The number of anilines is 2. The highest BCUT2D eigenvalue weighted by atomic mass is 16.5. The Bertz CT molecular complexity index is 1300. The van der Waals surface area contributed by atoms with Gasteiger partial charge >= 0.3 is 0 Å². The number of amides is 1. The Morgan fingerprint density at radius 3 is 2.14 bits per heavy atom. The molecule has 36 heavy (non-hydrogen) atoms. The molecule has 1 atom stereocenters. The highest BCUT2D eigenvalue weighted by Crippen LogP contribution is 2.43. The fourth-order valence-electron chi connectivity index (χ4n) is 4.95. The number of para-hydroxylation sites is 1. The van der Waals surface area contributed by atoms with Crippen molar-refractivity contribution in [3.8, 4) is 5.75 Å². The Morgan fingerprint density at radius 1 is 0.944 bits per heavy atom. The maximum atomic E-state index is 13.5. The lowest BCUT2D eigenvalue weighted by molar-refractivity contribution is -0.132. The van der Waals surface area contributed by atoms with E-state index in [1.165, 1.54) is 12.0 Å². The van der Waals surface area contributed by atoms with Gasteiger partial charge in [-0.05, 0) is 80.8 Å². The van der Waals surface area contributed by atoms with Gasteiger partial charge in [0.05, 0.1) is 24.3 Å². The van der Waals surface area contributed by atoms with Crippen LogP contribution in [-0.4, -0.2) is 37.0 Å². The number of aliphatic hydroxyl groups is 1. The largest absolute Gasteiger partial charge is 0.507 e. The second-order valence-electron chi connectivity index (χ2n) is 8.98. The van der Waals surface area contributed by atoms with Gasteiger partial charge in [0.25, 0.3) is 11.7 Å². The number of Topliss-reactive ketones (excluding diaryl/α,β-unsaturated/α-hetero) is 1. The molecule has 186 valence electrons. The van der Waals surface area contributed by atoms with Crippen molar-refractivity contribution < 1.29 is 19.4 Å². The molecule has 1 unspecified atom stereocenters. The molecule has 1 fully saturated rings. The van der Waals surface area contributed by atoms with Gasteiger partial charge in [0.15, 0.2) is 0 Å². The number of carbonyl (C=O) groups excluding carboxylic acids is 2. The van der Waals surface area contributed by atoms with Gasteiger partial charge < -0.3 is 14.7 Å². The number of hydrogen-bond acceptors (Lipinski definition) is 5. The van der Waals surface area contributed by atoms with Crippen molar-refractivity contribution in [2.45, 2.75) is 33.7 Å². The average Bonchev–Trinajstić information content (AvgIpc) is 3.14. The van der Waals surface area contributed by atoms with Gasteiger partial charge in [-0.2, -0.15) is 0 Å². The molecule has 0 aromatic heterocycles. The topological polar surface area (TPSA) is 70.1 Å². The zero-order valence-electron chi connectivity index (χ0n) is 21.4. The SMILES string of the molecule is CCN(CC)c1ccc(C2/C(=C(\O)c3ccccc3OC)C(=O)C(=O)N2c2cc(C)cc(C)c2)cc1. The van der Waals surface area contributed by atoms with E-state index in [4.69, 9.17) is 4.74 Å². The predicted octanol–water partition coefficient (Wildman–Crippen LogP) is 5.78. The Morgan fingerprint density at radius 2 is 1.56 bits per heavy atom. The molecule has 1 heterocycles. The van der Waals surface area contributed by atoms with E-state index in [-0.39, 0.29) is 11.3 Å². The zero-order valence-corrected chi connectivity index (χ0v) is 21.4. The summed E-state index contributed by atoms with van der Waals surface area (Å²) in [4.78, 5) is 30.7. The van der Waals surface area contributed by atoms with Crippen LogP contribution in [0.1, 0.15) is 42.1 Å². The summed E-state index contributed by atoms with van der Waals surface area (Å²) >= 11 is 0. The van der Waals surface area contributed by atoms with Crippen molar-refractivity contribution in [1.82, 2.24) is 0 Å². The van der Waals surface area contributed by atoms with Gasteiger partial charge in [-0.25, -0.2) is 0 Å². The van der Waals surface area contributed by atoms with Crippen LogP contribution in [0, 0.1) is 13.8 Å². The van der Waals surface area contributed by atoms with Crippen molar-refractivity contribution in [3.05, 3.63) is 94.6 Å². The maximum absolute atomic E-state index is 13.5. The van der Waals surface area contributed by atoms with Crippen LogP contribution in [0.15, 0.2) is 72.3 Å². The average molecular weight is 485 g/mol. The van der Waals surface area contributed by atoms with E-state index in [1.807, 2.05) is 56.3 Å². The minimum Gasteiger partial charge on any atom is -0.507 e. The third-order valence-electron chi connectivity index (χ3n) is 6.63. The summed E-state index contributed by atoms with van der Waals surface area (Å²) in [5.74, 6) is -1.23. The third-order valence-corrected chi connectivity index (χ3v) is 6.63. The molecule has 1 amide bonds. The molecule has 0 spiro atoms. The molecular formula is C30H32N2O4. The van der Waals surface area contributed by atoms with Gasteiger partial charge in [0.1, 0.15) is 11.5 Å². The first kappa shape index (κ1) is 25.0. The predicted molar refractivity (Wildman–Crippen MR) is 144 cm³/mol. The van der Waals surface area contributed by atoms with Crippen LogP contribution in [0.2, 0.25) is 0 Å². The van der Waals surface area contributed by atoms with Crippen LogP contribution < -0.4 is 14.5 Å². The summed E-state index contributed by atoms with van der Waals surface area (Å²) in [5, 5.41) is 11.4. The Labute approximate surface area is 212 Å². The normalized spacial score (nSPS) is 16.9. The van der Waals surface area contributed by atoms with Crippen LogP contribution in [0.5, 0.6) is 5.75 Å². The Kier molecular flexibility index (Phi) is 7.15. The van der Waals surface area contributed by atoms with Gasteiger partial charge in [-0.3, -0.25) is 14.5 Å². The van der Waals surface area contributed by atoms with Gasteiger partial charge in [-0.1, -0.05) is 30.3 Å². The van der Waals surface area contributed by atoms with Crippen molar-refractivity contribution in [3.63, 3.8) is 0 Å². The number of benzene rings is 3. The maximum Gasteiger partial charge on any atom is 0.300 e. The van der Waals surface area contributed by atoms with Crippen molar-refractivity contribution in [1.29, 1.82) is 0 Å². The number of aryl methyl sites for hydroxylation is 2. The summed E-state index contributed by atoms with van der Waals surface area (Å²) in [6.45, 7) is 9.83. The fourth-order valence-corrected chi connectivity index (χ4v) is 4.95. The lowest BCUT2D eigenvalue weighted by Gasteiger charge is -2.27. The van der Waals surface area contributed by atoms with Crippen LogP contribution >= 0.6 is 0 Å². The molecule has 0 saturated carbocycles. The highest BCUT2D eigenvalue weighted by molar-refractivity contribution is 6.51. The molecule has 4 rings (SSSR count). The molecular weight excluding hydrogens is 452 g/mol. The standard InChI is InChI=1S/C30H32N2O4/c1-6-31(7-2)22-14-12-21(13-15-22)27-26(28(33)24-10-8-9-11-25(24)36-5)29(34)30(35)32(27)23-17-19(3)16-20(4)18-23/h8-18,27,33H,6-7H2,1-5H3/b28-26+. The third kappa shape index (κ3) is 4.47. The molecule has 1 aliphatic rings. The number of rotatable bonds is 7. The molecule has 1 N–H and O–H groups in total. The zero-order chi connectivity index (χ0) is 26.0. The summed E-state index contributed by atoms with van der Waals surface area (Å²) in [6, 6.07) is 19.8.